The first-order chi connectivity index (χ1) is 20.5. The molecule has 0 bridgehead atoms. The second kappa shape index (κ2) is 11.8. The van der Waals surface area contributed by atoms with Crippen LogP contribution in [-0.4, -0.2) is 35.2 Å². The van der Waals surface area contributed by atoms with E-state index in [9.17, 15) is 9.59 Å². The number of amides is 1. The largest absolute Gasteiger partial charge is 0.497 e. The molecule has 0 unspecified atom stereocenters. The fourth-order valence-corrected chi connectivity index (χ4v) is 5.29. The molecule has 1 amide bonds. The molecule has 0 radical (unpaired) electrons. The molecule has 0 aliphatic carbocycles. The van der Waals surface area contributed by atoms with E-state index < -0.39 is 5.91 Å². The van der Waals surface area contributed by atoms with Crippen LogP contribution in [0.15, 0.2) is 119 Å². The Balaban J connectivity index is 1.34. The number of anilines is 2. The van der Waals surface area contributed by atoms with Gasteiger partial charge in [-0.15, -0.1) is 11.3 Å². The lowest BCUT2D eigenvalue weighted by Crippen LogP contribution is -2.28. The van der Waals surface area contributed by atoms with Crippen LogP contribution in [0.1, 0.15) is 21.5 Å². The topological polar surface area (TPSA) is 96.2 Å². The Bertz CT molecular complexity index is 1840. The van der Waals surface area contributed by atoms with Gasteiger partial charge in [-0.25, -0.2) is 4.98 Å². The van der Waals surface area contributed by atoms with Gasteiger partial charge in [0.15, 0.2) is 11.5 Å². The number of thiazole rings is 1. The Morgan fingerprint density at radius 3 is 2.36 bits per heavy atom. The predicted octanol–water partition coefficient (Wildman–Crippen LogP) is 6.92. The number of methoxy groups -OCH3 is 1. The molecule has 0 fully saturated rings. The lowest BCUT2D eigenvalue weighted by Gasteiger charge is -2.10. The number of aromatic nitrogens is 1. The van der Waals surface area contributed by atoms with E-state index in [0.717, 1.165) is 11.3 Å². The zero-order valence-electron chi connectivity index (χ0n) is 22.2. The minimum absolute atomic E-state index is 0.0791. The maximum Gasteiger partial charge on any atom is 0.303 e. The van der Waals surface area contributed by atoms with E-state index >= 15 is 0 Å². The second-order valence-electron chi connectivity index (χ2n) is 9.13. The number of nitrogens with zero attached hydrogens (tertiary/aromatic N) is 4. The van der Waals surface area contributed by atoms with Gasteiger partial charge in [-0.3, -0.25) is 15.0 Å². The number of ether oxygens (including phenoxy) is 1. The monoisotopic (exact) mass is 591 g/mol. The molecule has 5 aromatic rings. The number of carbonyl (C=O) groups excluding carboxylic acids is 2. The molecule has 42 heavy (non-hydrogen) atoms. The van der Waals surface area contributed by atoms with Crippen LogP contribution in [0.3, 0.4) is 0 Å². The zero-order chi connectivity index (χ0) is 29.1. The molecule has 206 valence electrons. The van der Waals surface area contributed by atoms with Gasteiger partial charge in [0.2, 0.25) is 5.13 Å². The molecule has 0 atom stereocenters. The Morgan fingerprint density at radius 1 is 0.929 bits per heavy atom. The molecular weight excluding hydrogens is 570 g/mol. The van der Waals surface area contributed by atoms with Gasteiger partial charge in [0.1, 0.15) is 11.5 Å². The van der Waals surface area contributed by atoms with Gasteiger partial charge in [0, 0.05) is 32.7 Å². The summed E-state index contributed by atoms with van der Waals surface area (Å²) in [6.07, 6.45) is 0. The minimum atomic E-state index is -0.457. The van der Waals surface area contributed by atoms with Gasteiger partial charge in [0.25, 0.3) is 0 Å². The van der Waals surface area contributed by atoms with E-state index in [0.29, 0.717) is 43.9 Å². The molecule has 8 nitrogen and oxygen atoms in total. The number of rotatable bonds is 8. The highest BCUT2D eigenvalue weighted by molar-refractivity contribution is 7.14. The van der Waals surface area contributed by atoms with E-state index in [1.807, 2.05) is 66.0 Å². The fourth-order valence-electron chi connectivity index (χ4n) is 4.33. The number of hydrogen-bond donors (Lipinski definition) is 1. The molecule has 10 heteroatoms. The number of nitrogens with one attached hydrogen (secondary N) is 1. The number of carbonyl (C=O) groups is 2. The average molecular weight is 592 g/mol. The van der Waals surface area contributed by atoms with Gasteiger partial charge in [-0.2, -0.15) is 15.2 Å². The Labute approximate surface area is 250 Å². The van der Waals surface area contributed by atoms with Crippen molar-refractivity contribution in [1.82, 2.24) is 4.98 Å². The summed E-state index contributed by atoms with van der Waals surface area (Å²) in [5.74, 6) is 0.0524. The average Bonchev–Trinajstić information content (AvgIpc) is 3.65. The predicted molar refractivity (Wildman–Crippen MR) is 167 cm³/mol. The maximum atomic E-state index is 13.7. The van der Waals surface area contributed by atoms with Crippen LogP contribution in [0.2, 0.25) is 5.02 Å². The van der Waals surface area contributed by atoms with Crippen LogP contribution in [0.4, 0.5) is 10.8 Å². The summed E-state index contributed by atoms with van der Waals surface area (Å²) in [5.41, 5.74) is 6.89. The van der Waals surface area contributed by atoms with Crippen molar-refractivity contribution in [3.8, 4) is 17.0 Å². The van der Waals surface area contributed by atoms with Crippen molar-refractivity contribution in [2.24, 2.45) is 10.2 Å². The van der Waals surface area contributed by atoms with Crippen LogP contribution in [0.5, 0.6) is 5.75 Å². The summed E-state index contributed by atoms with van der Waals surface area (Å²) < 4.78 is 5.24. The highest BCUT2D eigenvalue weighted by Crippen LogP contribution is 2.31. The smallest absolute Gasteiger partial charge is 0.303 e. The van der Waals surface area contributed by atoms with E-state index in [-0.39, 0.29) is 11.5 Å². The van der Waals surface area contributed by atoms with Gasteiger partial charge < -0.3 is 4.74 Å². The molecule has 6 rings (SSSR count). The number of hydrazone groups is 2. The third-order valence-corrected chi connectivity index (χ3v) is 7.53. The maximum absolute atomic E-state index is 13.7. The molecular formula is C32H22ClN5O3S. The molecule has 4 aromatic carbocycles. The summed E-state index contributed by atoms with van der Waals surface area (Å²) in [6, 6.07) is 30.6. The van der Waals surface area contributed by atoms with Crippen LogP contribution < -0.4 is 15.2 Å². The molecule has 0 spiro atoms. The summed E-state index contributed by atoms with van der Waals surface area (Å²) in [7, 11) is 1.61. The first kappa shape index (κ1) is 27.1. The number of halogens is 1. The highest BCUT2D eigenvalue weighted by atomic mass is 35.5. The van der Waals surface area contributed by atoms with E-state index in [1.165, 1.54) is 16.3 Å². The summed E-state index contributed by atoms with van der Waals surface area (Å²) >= 11 is 7.54. The van der Waals surface area contributed by atoms with Crippen molar-refractivity contribution in [3.63, 3.8) is 0 Å². The van der Waals surface area contributed by atoms with Crippen LogP contribution in [0, 0.1) is 0 Å². The number of hydrogen-bond acceptors (Lipinski definition) is 8. The lowest BCUT2D eigenvalue weighted by molar-refractivity contribution is -0.112. The third-order valence-electron chi connectivity index (χ3n) is 6.48. The van der Waals surface area contributed by atoms with E-state index in [2.05, 4.69) is 20.6 Å². The van der Waals surface area contributed by atoms with Crippen molar-refractivity contribution in [2.45, 2.75) is 0 Å². The fraction of sp³-hybridized carbons (Fsp3) is 0.0312. The SMILES string of the molecule is COc1ccc(-c2csc(N3N=C(c4ccccc4)/C(=N/Nc4ccc(Cl)cc4C(=O)c4ccccc4)C3=O)n2)cc1. The molecule has 2 heterocycles. The Morgan fingerprint density at radius 2 is 1.64 bits per heavy atom. The van der Waals surface area contributed by atoms with Crippen molar-refractivity contribution < 1.29 is 14.3 Å². The zero-order valence-corrected chi connectivity index (χ0v) is 23.8. The standard InChI is InChI=1S/C32H22ClN5O3S/c1-41-24-15-12-20(13-16-24)27-19-42-32(34-27)38-31(40)29(28(37-38)21-8-4-2-5-9-21)36-35-26-17-14-23(33)18-25(26)30(39)22-10-6-3-7-11-22/h2-19,35H,1H3/b36-29-. The summed E-state index contributed by atoms with van der Waals surface area (Å²) in [6.45, 7) is 0. The first-order valence-corrected chi connectivity index (χ1v) is 14.1. The Hall–Kier alpha value is -5.12. The van der Waals surface area contributed by atoms with E-state index in [4.69, 9.17) is 16.3 Å². The summed E-state index contributed by atoms with van der Waals surface area (Å²) in [5, 5.41) is 13.0. The second-order valence-corrected chi connectivity index (χ2v) is 10.4. The molecule has 1 aromatic heterocycles. The molecule has 1 N–H and O–H groups in total. The normalized spacial score (nSPS) is 13.8. The van der Waals surface area contributed by atoms with Gasteiger partial charge in [-0.1, -0.05) is 72.3 Å². The highest BCUT2D eigenvalue weighted by Gasteiger charge is 2.36. The number of benzene rings is 4. The molecule has 1 aliphatic heterocycles. The van der Waals surface area contributed by atoms with Crippen molar-refractivity contribution in [3.05, 3.63) is 130 Å². The van der Waals surface area contributed by atoms with Crippen molar-refractivity contribution >= 4 is 56.9 Å². The van der Waals surface area contributed by atoms with E-state index in [1.54, 1.807) is 49.6 Å². The van der Waals surface area contributed by atoms with Gasteiger partial charge in [0.05, 0.1) is 18.5 Å². The quantitative estimate of drug-likeness (QED) is 0.156. The van der Waals surface area contributed by atoms with Crippen LogP contribution in [-0.2, 0) is 4.79 Å². The van der Waals surface area contributed by atoms with Crippen molar-refractivity contribution in [2.75, 3.05) is 17.5 Å². The molecule has 1 aliphatic rings. The molecule has 0 saturated heterocycles. The third kappa shape index (κ3) is 5.43. The Kier molecular flexibility index (Phi) is 7.59. The lowest BCUT2D eigenvalue weighted by atomic mass is 10.0. The first-order valence-electron chi connectivity index (χ1n) is 12.8. The summed E-state index contributed by atoms with van der Waals surface area (Å²) in [4.78, 5) is 31.7. The number of ketones is 1. The van der Waals surface area contributed by atoms with Crippen molar-refractivity contribution in [1.29, 1.82) is 0 Å². The van der Waals surface area contributed by atoms with Crippen LogP contribution >= 0.6 is 22.9 Å². The minimum Gasteiger partial charge on any atom is -0.497 e. The van der Waals surface area contributed by atoms with Crippen LogP contribution in [0.25, 0.3) is 11.3 Å². The molecule has 0 saturated carbocycles. The van der Waals surface area contributed by atoms with Gasteiger partial charge in [-0.05, 0) is 42.5 Å². The van der Waals surface area contributed by atoms with Gasteiger partial charge >= 0.3 is 5.91 Å².